The minimum absolute atomic E-state index is 0.0151. The Morgan fingerprint density at radius 1 is 0.969 bits per heavy atom. The molecule has 0 bridgehead atoms. The first-order valence-corrected chi connectivity index (χ1v) is 9.80. The maximum absolute atomic E-state index is 11.7. The van der Waals surface area contributed by atoms with Crippen LogP contribution in [0.3, 0.4) is 0 Å². The van der Waals surface area contributed by atoms with Crippen LogP contribution in [0.1, 0.15) is 21.6 Å². The SMILES string of the molecule is COC(=O)c1coc(-c2cc(OCc3ccccc3)c(OCc3ccccc3)c[n+]2O)n1. The summed E-state index contributed by atoms with van der Waals surface area (Å²) in [7, 11) is 1.25. The highest BCUT2D eigenvalue weighted by Gasteiger charge is 2.26. The van der Waals surface area contributed by atoms with Crippen molar-refractivity contribution in [2.24, 2.45) is 0 Å². The Bertz CT molecular complexity index is 1190. The number of ether oxygens (including phenoxy) is 3. The molecule has 2 aromatic heterocycles. The highest BCUT2D eigenvalue weighted by molar-refractivity contribution is 5.87. The van der Waals surface area contributed by atoms with Crippen LogP contribution in [0, 0.1) is 0 Å². The lowest BCUT2D eigenvalue weighted by Crippen LogP contribution is -2.33. The molecule has 0 atom stereocenters. The topological polar surface area (TPSA) is 94.9 Å². The van der Waals surface area contributed by atoms with Gasteiger partial charge in [0, 0.05) is 4.73 Å². The summed E-state index contributed by atoms with van der Waals surface area (Å²) in [6.45, 7) is 0.573. The molecule has 2 heterocycles. The third-order valence-electron chi connectivity index (χ3n) is 4.59. The van der Waals surface area contributed by atoms with E-state index in [0.29, 0.717) is 11.5 Å². The van der Waals surface area contributed by atoms with E-state index in [1.54, 1.807) is 0 Å². The van der Waals surface area contributed by atoms with E-state index in [2.05, 4.69) is 9.72 Å². The molecular weight excluding hydrogens is 412 g/mol. The van der Waals surface area contributed by atoms with Gasteiger partial charge in [0.2, 0.25) is 5.75 Å². The molecule has 0 fully saturated rings. The van der Waals surface area contributed by atoms with Crippen molar-refractivity contribution in [1.29, 1.82) is 0 Å². The summed E-state index contributed by atoms with van der Waals surface area (Å²) in [6, 6.07) is 20.8. The van der Waals surface area contributed by atoms with Gasteiger partial charge in [-0.25, -0.2) is 4.79 Å². The van der Waals surface area contributed by atoms with E-state index >= 15 is 0 Å². The zero-order chi connectivity index (χ0) is 22.3. The Morgan fingerprint density at radius 2 is 1.56 bits per heavy atom. The molecule has 4 aromatic rings. The third-order valence-corrected chi connectivity index (χ3v) is 4.59. The van der Waals surface area contributed by atoms with Crippen molar-refractivity contribution in [2.45, 2.75) is 13.2 Å². The van der Waals surface area contributed by atoms with E-state index in [1.165, 1.54) is 19.4 Å². The van der Waals surface area contributed by atoms with Gasteiger partial charge in [-0.2, -0.15) is 4.98 Å². The molecule has 0 unspecified atom stereocenters. The number of pyridine rings is 1. The van der Waals surface area contributed by atoms with Crippen LogP contribution in [-0.2, 0) is 18.0 Å². The van der Waals surface area contributed by atoms with Gasteiger partial charge in [0.1, 0.15) is 19.5 Å². The molecule has 0 spiro atoms. The van der Waals surface area contributed by atoms with Gasteiger partial charge in [0.25, 0.3) is 12.1 Å². The van der Waals surface area contributed by atoms with Crippen LogP contribution in [0.5, 0.6) is 11.5 Å². The smallest absolute Gasteiger partial charge is 0.360 e. The third kappa shape index (κ3) is 4.86. The van der Waals surface area contributed by atoms with Gasteiger partial charge in [0.15, 0.2) is 11.4 Å². The summed E-state index contributed by atoms with van der Waals surface area (Å²) < 4.78 is 22.7. The number of aromatic nitrogens is 2. The van der Waals surface area contributed by atoms with Crippen LogP contribution >= 0.6 is 0 Å². The molecule has 162 valence electrons. The molecule has 8 nitrogen and oxygen atoms in total. The van der Waals surface area contributed by atoms with Crippen LogP contribution in [0.4, 0.5) is 0 Å². The highest BCUT2D eigenvalue weighted by Crippen LogP contribution is 2.31. The van der Waals surface area contributed by atoms with E-state index in [9.17, 15) is 10.0 Å². The van der Waals surface area contributed by atoms with Crippen LogP contribution in [0.15, 0.2) is 83.6 Å². The molecule has 0 amide bonds. The number of oxazole rings is 1. The minimum atomic E-state index is -0.646. The first kappa shape index (κ1) is 20.9. The van der Waals surface area contributed by atoms with Crippen LogP contribution in [0.2, 0.25) is 0 Å². The Morgan fingerprint density at radius 3 is 2.16 bits per heavy atom. The molecule has 2 aromatic carbocycles. The average molecular weight is 433 g/mol. The Labute approximate surface area is 184 Å². The normalized spacial score (nSPS) is 10.5. The molecule has 4 rings (SSSR count). The van der Waals surface area contributed by atoms with Crippen LogP contribution in [-0.4, -0.2) is 23.3 Å². The molecule has 0 saturated heterocycles. The lowest BCUT2D eigenvalue weighted by atomic mass is 10.2. The molecule has 8 heteroatoms. The van der Waals surface area contributed by atoms with Gasteiger partial charge in [-0.3, -0.25) is 5.21 Å². The maximum atomic E-state index is 11.7. The van der Waals surface area contributed by atoms with E-state index in [-0.39, 0.29) is 30.5 Å². The first-order chi connectivity index (χ1) is 15.6. The number of rotatable bonds is 8. The van der Waals surface area contributed by atoms with Crippen molar-refractivity contribution in [3.63, 3.8) is 0 Å². The fourth-order valence-corrected chi connectivity index (χ4v) is 2.95. The Hall–Kier alpha value is -4.33. The summed E-state index contributed by atoms with van der Waals surface area (Å²) in [5.41, 5.74) is 2.09. The highest BCUT2D eigenvalue weighted by atomic mass is 16.5. The van der Waals surface area contributed by atoms with E-state index in [1.807, 2.05) is 60.7 Å². The zero-order valence-corrected chi connectivity index (χ0v) is 17.3. The van der Waals surface area contributed by atoms with Gasteiger partial charge in [-0.05, 0) is 11.1 Å². The number of carbonyl (C=O) groups excluding carboxylic acids is 1. The quantitative estimate of drug-likeness (QED) is 0.256. The van der Waals surface area contributed by atoms with E-state index in [0.717, 1.165) is 22.1 Å². The van der Waals surface area contributed by atoms with E-state index in [4.69, 9.17) is 13.9 Å². The monoisotopic (exact) mass is 433 g/mol. The summed E-state index contributed by atoms with van der Waals surface area (Å²) in [5, 5.41) is 10.5. The average Bonchev–Trinajstić information content (AvgIpc) is 3.33. The van der Waals surface area contributed by atoms with Crippen molar-refractivity contribution in [3.8, 4) is 23.1 Å². The standard InChI is InChI=1S/C24H21N2O6/c1-29-24(27)19-16-32-23(25-19)20-12-21(30-14-17-8-4-2-5-9-17)22(13-26(20)28)31-15-18-10-6-3-7-11-18/h2-13,16,28H,14-15H2,1H3/q+1. The number of hydrogen-bond acceptors (Lipinski definition) is 7. The van der Waals surface area contributed by atoms with Gasteiger partial charge >= 0.3 is 11.7 Å². The van der Waals surface area contributed by atoms with Crippen LogP contribution < -0.4 is 14.2 Å². The van der Waals surface area contributed by atoms with Crippen molar-refractivity contribution < 1.29 is 33.4 Å². The number of hydrogen-bond donors (Lipinski definition) is 1. The lowest BCUT2D eigenvalue weighted by molar-refractivity contribution is -0.896. The number of carbonyl (C=O) groups is 1. The van der Waals surface area contributed by atoms with Crippen molar-refractivity contribution >= 4 is 5.97 Å². The summed E-state index contributed by atoms with van der Waals surface area (Å²) in [4.78, 5) is 15.8. The molecule has 0 radical (unpaired) electrons. The van der Waals surface area contributed by atoms with Crippen LogP contribution in [0.25, 0.3) is 11.6 Å². The lowest BCUT2D eigenvalue weighted by Gasteiger charge is -2.12. The number of benzene rings is 2. The molecular formula is C24H21N2O6+. The van der Waals surface area contributed by atoms with Crippen molar-refractivity contribution in [2.75, 3.05) is 7.11 Å². The Balaban J connectivity index is 1.64. The fraction of sp³-hybridized carbons (Fsp3) is 0.125. The Kier molecular flexibility index (Phi) is 6.31. The van der Waals surface area contributed by atoms with Crippen molar-refractivity contribution in [1.82, 2.24) is 4.98 Å². The van der Waals surface area contributed by atoms with Gasteiger partial charge in [-0.1, -0.05) is 60.7 Å². The maximum Gasteiger partial charge on any atom is 0.360 e. The molecule has 0 aliphatic rings. The van der Waals surface area contributed by atoms with Gasteiger partial charge in [-0.15, -0.1) is 0 Å². The zero-order valence-electron chi connectivity index (χ0n) is 17.3. The molecule has 32 heavy (non-hydrogen) atoms. The molecule has 0 aliphatic heterocycles. The fourth-order valence-electron chi connectivity index (χ4n) is 2.95. The summed E-state index contributed by atoms with van der Waals surface area (Å²) in [5.74, 6) is 0.0820. The predicted octanol–water partition coefficient (Wildman–Crippen LogP) is 3.81. The largest absolute Gasteiger partial charge is 0.484 e. The molecule has 1 N–H and O–H groups in total. The second-order valence-corrected chi connectivity index (χ2v) is 6.81. The second kappa shape index (κ2) is 9.65. The second-order valence-electron chi connectivity index (χ2n) is 6.81. The molecule has 0 aliphatic carbocycles. The van der Waals surface area contributed by atoms with Gasteiger partial charge < -0.3 is 18.6 Å². The van der Waals surface area contributed by atoms with Gasteiger partial charge in [0.05, 0.1) is 13.2 Å². The van der Waals surface area contributed by atoms with E-state index < -0.39 is 5.97 Å². The summed E-state index contributed by atoms with van der Waals surface area (Å²) >= 11 is 0. The predicted molar refractivity (Wildman–Crippen MR) is 112 cm³/mol. The summed E-state index contributed by atoms with van der Waals surface area (Å²) in [6.07, 6.45) is 2.52. The first-order valence-electron chi connectivity index (χ1n) is 9.80. The number of methoxy groups -OCH3 is 1. The minimum Gasteiger partial charge on any atom is -0.484 e. The number of nitrogens with zero attached hydrogens (tertiary/aromatic N) is 2. The number of esters is 1. The van der Waals surface area contributed by atoms with Crippen molar-refractivity contribution in [3.05, 3.63) is 96.0 Å². The molecule has 0 saturated carbocycles.